The summed E-state index contributed by atoms with van der Waals surface area (Å²) in [6, 6.07) is 3.84. The van der Waals surface area contributed by atoms with Crippen molar-refractivity contribution in [3.05, 3.63) is 41.0 Å². The zero-order chi connectivity index (χ0) is 13.3. The van der Waals surface area contributed by atoms with E-state index >= 15 is 0 Å². The van der Waals surface area contributed by atoms with Gasteiger partial charge in [0, 0.05) is 17.5 Å². The molecule has 3 heteroatoms. The smallest absolute Gasteiger partial charge is 0.170 e. The van der Waals surface area contributed by atoms with E-state index in [4.69, 9.17) is 10.5 Å². The molecular formula is C15H19NO2. The van der Waals surface area contributed by atoms with Gasteiger partial charge in [-0.2, -0.15) is 0 Å². The van der Waals surface area contributed by atoms with Crippen LogP contribution in [0.25, 0.3) is 0 Å². The van der Waals surface area contributed by atoms with E-state index in [-0.39, 0.29) is 17.7 Å². The van der Waals surface area contributed by atoms with Crippen LogP contribution in [-0.4, -0.2) is 18.9 Å². The lowest BCUT2D eigenvalue weighted by Crippen LogP contribution is -2.19. The van der Waals surface area contributed by atoms with E-state index in [0.29, 0.717) is 6.42 Å². The Morgan fingerprint density at radius 3 is 2.56 bits per heavy atom. The molecule has 0 fully saturated rings. The Morgan fingerprint density at radius 2 is 2.00 bits per heavy atom. The highest BCUT2D eigenvalue weighted by Gasteiger charge is 2.25. The molecule has 0 bridgehead atoms. The van der Waals surface area contributed by atoms with Crippen LogP contribution >= 0.6 is 0 Å². The molecule has 0 heterocycles. The summed E-state index contributed by atoms with van der Waals surface area (Å²) in [6.07, 6.45) is 4.55. The van der Waals surface area contributed by atoms with Gasteiger partial charge in [-0.15, -0.1) is 0 Å². The van der Waals surface area contributed by atoms with Crippen LogP contribution in [0.2, 0.25) is 0 Å². The molecule has 0 aliphatic heterocycles. The maximum atomic E-state index is 12.4. The van der Waals surface area contributed by atoms with E-state index in [9.17, 15) is 4.79 Å². The number of nitrogens with two attached hydrogens (primary N) is 1. The van der Waals surface area contributed by atoms with Crippen LogP contribution in [0.15, 0.2) is 24.3 Å². The third-order valence-corrected chi connectivity index (χ3v) is 3.46. The molecule has 3 nitrogen and oxygen atoms in total. The highest BCUT2D eigenvalue weighted by atomic mass is 16.5. The molecule has 1 aromatic rings. The second-order valence-electron chi connectivity index (χ2n) is 4.89. The van der Waals surface area contributed by atoms with Gasteiger partial charge in [-0.25, -0.2) is 0 Å². The molecular weight excluding hydrogens is 226 g/mol. The minimum atomic E-state index is -0.0773. The number of hydrogen-bond acceptors (Lipinski definition) is 3. The third kappa shape index (κ3) is 2.31. The Hall–Kier alpha value is -1.61. The third-order valence-electron chi connectivity index (χ3n) is 3.46. The zero-order valence-corrected chi connectivity index (χ0v) is 11.1. The maximum absolute atomic E-state index is 12.4. The number of methoxy groups -OCH3 is 1. The van der Waals surface area contributed by atoms with E-state index in [0.717, 1.165) is 22.4 Å². The minimum absolute atomic E-state index is 0.0126. The monoisotopic (exact) mass is 245 g/mol. The molecule has 1 aliphatic rings. The van der Waals surface area contributed by atoms with E-state index < -0.39 is 0 Å². The fraction of sp³-hybridized carbons (Fsp3) is 0.400. The van der Waals surface area contributed by atoms with Crippen molar-refractivity contribution in [1.82, 2.24) is 0 Å². The van der Waals surface area contributed by atoms with Gasteiger partial charge in [0.1, 0.15) is 5.75 Å². The van der Waals surface area contributed by atoms with Crippen LogP contribution in [0.5, 0.6) is 5.75 Å². The van der Waals surface area contributed by atoms with Crippen molar-refractivity contribution in [3.8, 4) is 5.75 Å². The summed E-state index contributed by atoms with van der Waals surface area (Å²) in [5.41, 5.74) is 8.51. The average Bonchev–Trinajstić information content (AvgIpc) is 2.77. The van der Waals surface area contributed by atoms with Crippen LogP contribution in [0, 0.1) is 19.8 Å². The zero-order valence-electron chi connectivity index (χ0n) is 11.1. The first-order chi connectivity index (χ1) is 8.52. The van der Waals surface area contributed by atoms with Crippen molar-refractivity contribution < 1.29 is 9.53 Å². The number of hydrogen-bond donors (Lipinski definition) is 1. The van der Waals surface area contributed by atoms with E-state index in [2.05, 4.69) is 0 Å². The summed E-state index contributed by atoms with van der Waals surface area (Å²) in [5, 5.41) is 0. The molecule has 0 saturated carbocycles. The lowest BCUT2D eigenvalue weighted by Gasteiger charge is -2.13. The van der Waals surface area contributed by atoms with Gasteiger partial charge in [-0.1, -0.05) is 12.2 Å². The summed E-state index contributed by atoms with van der Waals surface area (Å²) < 4.78 is 5.26. The number of Topliss-reactive ketones (excluding diaryl/α,β-unsaturated/α-hetero) is 1. The van der Waals surface area contributed by atoms with E-state index in [1.54, 1.807) is 7.11 Å². The second kappa shape index (κ2) is 4.94. The summed E-state index contributed by atoms with van der Waals surface area (Å²) in [5.74, 6) is 0.900. The van der Waals surface area contributed by atoms with Crippen molar-refractivity contribution in [2.45, 2.75) is 26.3 Å². The minimum Gasteiger partial charge on any atom is -0.496 e. The molecule has 0 radical (unpaired) electrons. The second-order valence-corrected chi connectivity index (χ2v) is 4.89. The first-order valence-corrected chi connectivity index (χ1v) is 6.16. The topological polar surface area (TPSA) is 52.3 Å². The number of allylic oxidation sites excluding steroid dienone is 1. The molecule has 18 heavy (non-hydrogen) atoms. The lowest BCUT2D eigenvalue weighted by atomic mass is 9.92. The summed E-state index contributed by atoms with van der Waals surface area (Å²) in [6.45, 7) is 3.89. The van der Waals surface area contributed by atoms with Crippen molar-refractivity contribution in [2.75, 3.05) is 7.11 Å². The van der Waals surface area contributed by atoms with E-state index in [1.165, 1.54) is 0 Å². The number of rotatable bonds is 3. The van der Waals surface area contributed by atoms with Crippen LogP contribution in [0.4, 0.5) is 0 Å². The molecule has 2 atom stereocenters. The van der Waals surface area contributed by atoms with E-state index in [1.807, 2.05) is 38.1 Å². The molecule has 0 aromatic heterocycles. The predicted octanol–water partition coefficient (Wildman–Crippen LogP) is 2.40. The standard InChI is InChI=1S/C15H19NO2/c1-9-7-14(18-3)10(2)6-13(9)15(17)11-4-5-12(16)8-11/h4-7,11-12H,8,16H2,1-3H3. The Labute approximate surface area is 108 Å². The van der Waals surface area contributed by atoms with Crippen LogP contribution in [-0.2, 0) is 0 Å². The van der Waals surface area contributed by atoms with Crippen molar-refractivity contribution in [3.63, 3.8) is 0 Å². The first kappa shape index (κ1) is 12.8. The fourth-order valence-corrected chi connectivity index (χ4v) is 2.40. The Morgan fingerprint density at radius 1 is 1.28 bits per heavy atom. The van der Waals surface area contributed by atoms with Crippen LogP contribution in [0.1, 0.15) is 27.9 Å². The quantitative estimate of drug-likeness (QED) is 0.657. The fourth-order valence-electron chi connectivity index (χ4n) is 2.40. The Balaban J connectivity index is 2.31. The number of carbonyl (C=O) groups excluding carboxylic acids is 1. The molecule has 1 aliphatic carbocycles. The highest BCUT2D eigenvalue weighted by molar-refractivity contribution is 6.00. The van der Waals surface area contributed by atoms with Crippen LogP contribution in [0.3, 0.4) is 0 Å². The van der Waals surface area contributed by atoms with Gasteiger partial charge in [0.2, 0.25) is 0 Å². The number of aryl methyl sites for hydroxylation is 2. The Kier molecular flexibility index (Phi) is 3.53. The highest BCUT2D eigenvalue weighted by Crippen LogP contribution is 2.27. The molecule has 0 saturated heterocycles. The lowest BCUT2D eigenvalue weighted by molar-refractivity contribution is 0.0942. The predicted molar refractivity (Wildman–Crippen MR) is 72.0 cm³/mol. The van der Waals surface area contributed by atoms with Gasteiger partial charge in [0.05, 0.1) is 7.11 Å². The largest absolute Gasteiger partial charge is 0.496 e. The van der Waals surface area contributed by atoms with Crippen LogP contribution < -0.4 is 10.5 Å². The molecule has 2 unspecified atom stereocenters. The molecule has 0 amide bonds. The van der Waals surface area contributed by atoms with Gasteiger partial charge >= 0.3 is 0 Å². The van der Waals surface area contributed by atoms with Crippen molar-refractivity contribution >= 4 is 5.78 Å². The summed E-state index contributed by atoms with van der Waals surface area (Å²) >= 11 is 0. The maximum Gasteiger partial charge on any atom is 0.170 e. The molecule has 2 rings (SSSR count). The average molecular weight is 245 g/mol. The molecule has 2 N–H and O–H groups in total. The Bertz CT molecular complexity index is 505. The van der Waals surface area contributed by atoms with Gasteiger partial charge in [0.25, 0.3) is 0 Å². The van der Waals surface area contributed by atoms with Gasteiger partial charge in [0.15, 0.2) is 5.78 Å². The summed E-state index contributed by atoms with van der Waals surface area (Å²) in [4.78, 5) is 12.4. The number of carbonyl (C=O) groups is 1. The molecule has 96 valence electrons. The van der Waals surface area contributed by atoms with Gasteiger partial charge < -0.3 is 10.5 Å². The summed E-state index contributed by atoms with van der Waals surface area (Å²) in [7, 11) is 1.64. The molecule has 1 aromatic carbocycles. The number of ketones is 1. The number of ether oxygens (including phenoxy) is 1. The number of benzene rings is 1. The normalized spacial score (nSPS) is 22.2. The SMILES string of the molecule is COc1cc(C)c(C(=O)C2C=CC(N)C2)cc1C. The first-order valence-electron chi connectivity index (χ1n) is 6.16. The van der Waals surface area contributed by atoms with Crippen molar-refractivity contribution in [2.24, 2.45) is 11.7 Å². The molecule has 0 spiro atoms. The van der Waals surface area contributed by atoms with Gasteiger partial charge in [-0.05, 0) is 43.5 Å². The van der Waals surface area contributed by atoms with Crippen molar-refractivity contribution in [1.29, 1.82) is 0 Å². The van der Waals surface area contributed by atoms with Gasteiger partial charge in [-0.3, -0.25) is 4.79 Å².